The van der Waals surface area contributed by atoms with E-state index in [9.17, 15) is 18.3 Å². The number of fused-ring (bicyclic) bond motifs is 3. The Bertz CT molecular complexity index is 1110. The summed E-state index contributed by atoms with van der Waals surface area (Å²) in [5.74, 6) is 0.109. The second kappa shape index (κ2) is 6.31. The molecule has 0 aliphatic carbocycles. The molecule has 1 N–H and O–H groups in total. The van der Waals surface area contributed by atoms with Crippen LogP contribution in [0.2, 0.25) is 0 Å². The highest BCUT2D eigenvalue weighted by molar-refractivity contribution is 5.58. The molecule has 0 aromatic carbocycles. The number of ether oxygens (including phenoxy) is 1. The zero-order valence-electron chi connectivity index (χ0n) is 15.3. The Kier molecular flexibility index (Phi) is 4.13. The quantitative estimate of drug-likeness (QED) is 0.720. The molecule has 0 saturated heterocycles. The summed E-state index contributed by atoms with van der Waals surface area (Å²) in [4.78, 5) is 7.78. The van der Waals surface area contributed by atoms with Crippen LogP contribution in [0.4, 0.5) is 13.2 Å². The van der Waals surface area contributed by atoms with Crippen molar-refractivity contribution in [3.63, 3.8) is 0 Å². The molecule has 1 aliphatic rings. The summed E-state index contributed by atoms with van der Waals surface area (Å²) in [5, 5.41) is 23.2. The van der Waals surface area contributed by atoms with E-state index in [2.05, 4.69) is 15.1 Å². The van der Waals surface area contributed by atoms with Crippen LogP contribution in [0.3, 0.4) is 0 Å². The summed E-state index contributed by atoms with van der Waals surface area (Å²) >= 11 is 0. The molecule has 2 atom stereocenters. The molecule has 0 fully saturated rings. The fraction of sp³-hybridized carbons (Fsp3) is 0.333. The average Bonchev–Trinajstić information content (AvgIpc) is 3.26. The highest BCUT2D eigenvalue weighted by Crippen LogP contribution is 2.42. The number of nitrogens with zero attached hydrogens (tertiary/aromatic N) is 6. The molecule has 0 amide bonds. The lowest BCUT2D eigenvalue weighted by atomic mass is 10.0. The molecule has 1 aliphatic heterocycles. The number of imidazole rings is 1. The Balaban J connectivity index is 1.71. The molecular formula is C18H15F3N6O2. The van der Waals surface area contributed by atoms with E-state index in [0.717, 1.165) is 0 Å². The summed E-state index contributed by atoms with van der Waals surface area (Å²) in [6.07, 6.45) is -2.21. The van der Waals surface area contributed by atoms with Crippen LogP contribution < -0.4 is 4.74 Å². The monoisotopic (exact) mass is 404 g/mol. The first kappa shape index (κ1) is 18.9. The zero-order chi connectivity index (χ0) is 21.0. The van der Waals surface area contributed by atoms with Gasteiger partial charge in [0.25, 0.3) is 0 Å². The number of aliphatic hydroxyl groups is 1. The minimum Gasteiger partial charge on any atom is -0.436 e. The van der Waals surface area contributed by atoms with Gasteiger partial charge in [0.2, 0.25) is 11.5 Å². The van der Waals surface area contributed by atoms with E-state index in [4.69, 9.17) is 10.00 Å². The number of pyridine rings is 1. The first-order valence-corrected chi connectivity index (χ1v) is 8.61. The lowest BCUT2D eigenvalue weighted by molar-refractivity contribution is -0.262. The lowest BCUT2D eigenvalue weighted by Crippen LogP contribution is -2.42. The van der Waals surface area contributed by atoms with E-state index in [1.807, 2.05) is 6.07 Å². The number of rotatable bonds is 3. The molecular weight excluding hydrogens is 389 g/mol. The van der Waals surface area contributed by atoms with E-state index < -0.39 is 23.6 Å². The van der Waals surface area contributed by atoms with Gasteiger partial charge >= 0.3 is 6.18 Å². The summed E-state index contributed by atoms with van der Waals surface area (Å²) in [6.45, 7) is 2.68. The van der Waals surface area contributed by atoms with Crippen molar-refractivity contribution in [2.24, 2.45) is 0 Å². The highest BCUT2D eigenvalue weighted by atomic mass is 19.4. The third kappa shape index (κ3) is 3.01. The van der Waals surface area contributed by atoms with E-state index >= 15 is 0 Å². The highest BCUT2D eigenvalue weighted by Gasteiger charge is 2.55. The van der Waals surface area contributed by atoms with Crippen LogP contribution in [0.1, 0.15) is 31.4 Å². The predicted octanol–water partition coefficient (Wildman–Crippen LogP) is 3.15. The van der Waals surface area contributed by atoms with Crippen molar-refractivity contribution in [3.05, 3.63) is 42.1 Å². The molecule has 4 rings (SSSR count). The Morgan fingerprint density at radius 3 is 2.62 bits per heavy atom. The van der Waals surface area contributed by atoms with Gasteiger partial charge in [-0.25, -0.2) is 9.97 Å². The van der Waals surface area contributed by atoms with Gasteiger partial charge in [-0.3, -0.25) is 4.68 Å². The number of halogens is 3. The maximum absolute atomic E-state index is 13.3. The Morgan fingerprint density at radius 2 is 2.00 bits per heavy atom. The summed E-state index contributed by atoms with van der Waals surface area (Å²) < 4.78 is 48.6. The van der Waals surface area contributed by atoms with Crippen LogP contribution in [-0.2, 0) is 12.1 Å². The third-order valence-corrected chi connectivity index (χ3v) is 4.76. The fourth-order valence-corrected chi connectivity index (χ4v) is 3.23. The molecule has 29 heavy (non-hydrogen) atoms. The van der Waals surface area contributed by atoms with Gasteiger partial charge in [-0.05, 0) is 26.0 Å². The minimum atomic E-state index is -4.87. The SMILES string of the molecule is C[C@H]1Cn2nc(Oc3ccc(C#N)nc3)cc2-c2cnc([C@@](C)(O)C(F)(F)F)n21. The number of nitriles is 1. The molecule has 8 nitrogen and oxygen atoms in total. The normalized spacial score (nSPS) is 17.8. The third-order valence-electron chi connectivity index (χ3n) is 4.76. The second-order valence-electron chi connectivity index (χ2n) is 6.90. The van der Waals surface area contributed by atoms with Gasteiger partial charge in [0, 0.05) is 6.07 Å². The standard InChI is InChI=1S/C18H15F3N6O2/c1-10-9-26-13(5-15(25-26)29-12-4-3-11(6-22)23-7-12)14-8-24-16(27(10)14)17(2,28)18(19,20)21/h3-5,7-8,10,28H,9H2,1-2H3/t10-,17+/m0/s1. The van der Waals surface area contributed by atoms with Crippen LogP contribution in [0.25, 0.3) is 11.4 Å². The first-order valence-electron chi connectivity index (χ1n) is 8.61. The van der Waals surface area contributed by atoms with E-state index in [-0.39, 0.29) is 18.1 Å². The van der Waals surface area contributed by atoms with Crippen molar-refractivity contribution in [1.82, 2.24) is 24.3 Å². The topological polar surface area (TPSA) is 102 Å². The van der Waals surface area contributed by atoms with E-state index in [1.54, 1.807) is 23.7 Å². The van der Waals surface area contributed by atoms with Crippen LogP contribution in [0, 0.1) is 11.3 Å². The van der Waals surface area contributed by atoms with E-state index in [0.29, 0.717) is 24.1 Å². The molecule has 0 saturated carbocycles. The Labute approximate surface area is 162 Å². The zero-order valence-corrected chi connectivity index (χ0v) is 15.3. The van der Waals surface area contributed by atoms with Crippen molar-refractivity contribution in [2.45, 2.75) is 38.2 Å². The molecule has 0 unspecified atom stereocenters. The van der Waals surface area contributed by atoms with Crippen LogP contribution in [0.15, 0.2) is 30.6 Å². The van der Waals surface area contributed by atoms with Crippen molar-refractivity contribution in [3.8, 4) is 29.1 Å². The largest absolute Gasteiger partial charge is 0.436 e. The number of hydrogen-bond acceptors (Lipinski definition) is 6. The molecule has 0 bridgehead atoms. The van der Waals surface area contributed by atoms with Crippen molar-refractivity contribution < 1.29 is 23.0 Å². The second-order valence-corrected chi connectivity index (χ2v) is 6.90. The van der Waals surface area contributed by atoms with Crippen molar-refractivity contribution >= 4 is 0 Å². The van der Waals surface area contributed by atoms with Crippen LogP contribution >= 0.6 is 0 Å². The van der Waals surface area contributed by atoms with Gasteiger partial charge in [0.05, 0.1) is 36.4 Å². The summed E-state index contributed by atoms with van der Waals surface area (Å²) in [5.41, 5.74) is -1.95. The number of alkyl halides is 3. The Hall–Kier alpha value is -3.39. The van der Waals surface area contributed by atoms with Crippen molar-refractivity contribution in [2.75, 3.05) is 0 Å². The summed E-state index contributed by atoms with van der Waals surface area (Å²) in [6, 6.07) is 6.11. The van der Waals surface area contributed by atoms with Gasteiger partial charge in [-0.2, -0.15) is 18.4 Å². The number of aromatic nitrogens is 5. The van der Waals surface area contributed by atoms with E-state index in [1.165, 1.54) is 23.0 Å². The van der Waals surface area contributed by atoms with Gasteiger partial charge in [0.15, 0.2) is 5.82 Å². The van der Waals surface area contributed by atoms with Crippen LogP contribution in [0.5, 0.6) is 11.6 Å². The summed E-state index contributed by atoms with van der Waals surface area (Å²) in [7, 11) is 0. The van der Waals surface area contributed by atoms with Gasteiger partial charge in [0.1, 0.15) is 17.5 Å². The predicted molar refractivity (Wildman–Crippen MR) is 92.8 cm³/mol. The molecule has 0 spiro atoms. The molecule has 150 valence electrons. The van der Waals surface area contributed by atoms with Crippen molar-refractivity contribution in [1.29, 1.82) is 5.26 Å². The first-order chi connectivity index (χ1) is 13.6. The Morgan fingerprint density at radius 1 is 1.24 bits per heavy atom. The number of hydrogen-bond donors (Lipinski definition) is 1. The molecule has 3 aromatic heterocycles. The van der Waals surface area contributed by atoms with Gasteiger partial charge < -0.3 is 14.4 Å². The minimum absolute atomic E-state index is 0.220. The molecule has 4 heterocycles. The smallest absolute Gasteiger partial charge is 0.424 e. The molecule has 3 aromatic rings. The fourth-order valence-electron chi connectivity index (χ4n) is 3.23. The lowest BCUT2D eigenvalue weighted by Gasteiger charge is -2.31. The maximum Gasteiger partial charge on any atom is 0.424 e. The van der Waals surface area contributed by atoms with Crippen LogP contribution in [-0.4, -0.2) is 35.6 Å². The maximum atomic E-state index is 13.3. The van der Waals surface area contributed by atoms with Gasteiger partial charge in [-0.1, -0.05) is 0 Å². The van der Waals surface area contributed by atoms with Gasteiger partial charge in [-0.15, -0.1) is 5.10 Å². The molecule has 0 radical (unpaired) electrons. The average molecular weight is 404 g/mol. The molecule has 11 heteroatoms.